The van der Waals surface area contributed by atoms with Gasteiger partial charge in [0.05, 0.1) is 26.4 Å². The number of ether oxygens (including phenoxy) is 4. The molecule has 3 N–H and O–H groups in total. The van der Waals surface area contributed by atoms with Crippen LogP contribution in [0.2, 0.25) is 0 Å². The molecule has 0 aromatic rings. The van der Waals surface area contributed by atoms with Crippen LogP contribution in [0.4, 0.5) is 0 Å². The second kappa shape index (κ2) is 61.6. The van der Waals surface area contributed by atoms with E-state index in [0.717, 1.165) is 114 Å². The van der Waals surface area contributed by atoms with Crippen molar-refractivity contribution in [2.75, 3.05) is 39.6 Å². The maximum absolute atomic E-state index is 13.0. The highest BCUT2D eigenvalue weighted by molar-refractivity contribution is 7.47. The van der Waals surface area contributed by atoms with Crippen molar-refractivity contribution < 1.29 is 80.2 Å². The number of carbonyl (C=O) groups is 4. The minimum absolute atomic E-state index is 0.104. The SMILES string of the molecule is CCC(C)CCCCCCCCCCCCCCCCC(=O)OC[C@H](COP(=O)(O)OCC(O)COP(=O)(O)OC[C@@H](COC(=O)CCCCCCCCCC(C)C)OC(=O)CCCCCCCCCCCC(C)C)OC(=O)CCCCCCCCCCC(C)C. The van der Waals surface area contributed by atoms with E-state index in [2.05, 4.69) is 55.4 Å². The molecular weight excluding hydrogens is 1200 g/mol. The fourth-order valence-electron chi connectivity index (χ4n) is 10.8. The van der Waals surface area contributed by atoms with Gasteiger partial charge >= 0.3 is 39.5 Å². The predicted molar refractivity (Wildman–Crippen MR) is 367 cm³/mol. The van der Waals surface area contributed by atoms with Crippen LogP contribution in [-0.2, 0) is 65.4 Å². The molecule has 0 heterocycles. The molecule has 0 saturated carbocycles. The molecule has 4 unspecified atom stereocenters. The number of rotatable bonds is 69. The average molecular weight is 1340 g/mol. The van der Waals surface area contributed by atoms with Gasteiger partial charge in [-0.3, -0.25) is 37.3 Å². The van der Waals surface area contributed by atoms with Crippen LogP contribution in [0.25, 0.3) is 0 Å². The molecule has 6 atom stereocenters. The van der Waals surface area contributed by atoms with E-state index in [1.165, 1.54) is 154 Å². The second-order valence-electron chi connectivity index (χ2n) is 27.6. The summed E-state index contributed by atoms with van der Waals surface area (Å²) in [5.74, 6) is 0.880. The number of carbonyl (C=O) groups excluding carboxylic acids is 4. The van der Waals surface area contributed by atoms with E-state index in [9.17, 15) is 43.2 Å². The first-order valence-electron chi connectivity index (χ1n) is 37.2. The monoisotopic (exact) mass is 1340 g/mol. The van der Waals surface area contributed by atoms with Crippen molar-refractivity contribution in [2.24, 2.45) is 23.7 Å². The zero-order chi connectivity index (χ0) is 67.5. The Kier molecular flexibility index (Phi) is 60.3. The molecule has 0 radical (unpaired) electrons. The van der Waals surface area contributed by atoms with E-state index in [1.807, 2.05) is 0 Å². The first-order chi connectivity index (χ1) is 43.6. The Labute approximate surface area is 556 Å². The quantitative estimate of drug-likeness (QED) is 0.0222. The Morgan fingerprint density at radius 1 is 0.308 bits per heavy atom. The Morgan fingerprint density at radius 2 is 0.527 bits per heavy atom. The van der Waals surface area contributed by atoms with Crippen LogP contribution in [0, 0.1) is 23.7 Å². The van der Waals surface area contributed by atoms with Crippen LogP contribution in [0.15, 0.2) is 0 Å². The van der Waals surface area contributed by atoms with Crippen molar-refractivity contribution in [3.8, 4) is 0 Å². The van der Waals surface area contributed by atoms with Gasteiger partial charge in [-0.2, -0.15) is 0 Å². The van der Waals surface area contributed by atoms with E-state index in [-0.39, 0.29) is 25.7 Å². The highest BCUT2D eigenvalue weighted by atomic mass is 31.2. The number of hydrogen-bond acceptors (Lipinski definition) is 15. The summed E-state index contributed by atoms with van der Waals surface area (Å²) in [4.78, 5) is 72.6. The Balaban J connectivity index is 5.21. The molecule has 0 amide bonds. The summed E-state index contributed by atoms with van der Waals surface area (Å²) in [6.45, 7) is 14.1. The number of unbranched alkanes of at least 4 members (excludes halogenated alkanes) is 34. The van der Waals surface area contributed by atoms with Crippen molar-refractivity contribution in [1.82, 2.24) is 0 Å². The predicted octanol–water partition coefficient (Wildman–Crippen LogP) is 20.5. The Bertz CT molecular complexity index is 1800. The molecule has 0 spiro atoms. The van der Waals surface area contributed by atoms with Crippen molar-refractivity contribution in [2.45, 2.75) is 375 Å². The van der Waals surface area contributed by atoms with E-state index < -0.39 is 97.5 Å². The molecule has 0 rings (SSSR count). The van der Waals surface area contributed by atoms with Gasteiger partial charge in [-0.05, 0) is 49.4 Å². The first-order valence-corrected chi connectivity index (χ1v) is 40.2. The summed E-state index contributed by atoms with van der Waals surface area (Å²) < 4.78 is 68.3. The van der Waals surface area contributed by atoms with Crippen molar-refractivity contribution >= 4 is 39.5 Å². The minimum Gasteiger partial charge on any atom is -0.462 e. The maximum Gasteiger partial charge on any atom is 0.472 e. The summed E-state index contributed by atoms with van der Waals surface area (Å²) in [5.41, 5.74) is 0. The Morgan fingerprint density at radius 3 is 0.780 bits per heavy atom. The van der Waals surface area contributed by atoms with Crippen molar-refractivity contribution in [3.05, 3.63) is 0 Å². The van der Waals surface area contributed by atoms with Crippen LogP contribution in [0.3, 0.4) is 0 Å². The lowest BCUT2D eigenvalue weighted by Crippen LogP contribution is -2.30. The van der Waals surface area contributed by atoms with Gasteiger partial charge in [-0.15, -0.1) is 0 Å². The molecule has 17 nitrogen and oxygen atoms in total. The fourth-order valence-corrected chi connectivity index (χ4v) is 12.4. The summed E-state index contributed by atoms with van der Waals surface area (Å²) >= 11 is 0. The van der Waals surface area contributed by atoms with Crippen molar-refractivity contribution in [1.29, 1.82) is 0 Å². The molecule has 0 aromatic carbocycles. The van der Waals surface area contributed by atoms with Gasteiger partial charge in [0.1, 0.15) is 19.3 Å². The molecule has 0 fully saturated rings. The second-order valence-corrected chi connectivity index (χ2v) is 30.6. The highest BCUT2D eigenvalue weighted by Crippen LogP contribution is 2.45. The van der Waals surface area contributed by atoms with Gasteiger partial charge in [0.15, 0.2) is 12.2 Å². The molecule has 540 valence electrons. The average Bonchev–Trinajstić information content (AvgIpc) is 3.52. The molecule has 91 heavy (non-hydrogen) atoms. The standard InChI is InChI=1S/C72H140O17P2/c1-9-65(8)51-43-35-27-18-14-12-10-11-13-15-19-28-36-44-52-69(74)82-58-67(89-72(77)55-47-39-30-22-21-25-33-41-49-63(4)5)60-86-90(78,79)84-56-66(73)57-85-91(80,81)87-61-68(59-83-70(75)53-45-37-31-23-26-34-42-50-64(6)7)88-71(76)54-46-38-29-20-16-17-24-32-40-48-62(2)3/h62-68,73H,9-61H2,1-8H3,(H,78,79)(H,80,81)/t65?,66?,67-,68-/m1/s1. The largest absolute Gasteiger partial charge is 0.472 e. The van der Waals surface area contributed by atoms with E-state index >= 15 is 0 Å². The molecule has 0 bridgehead atoms. The van der Waals surface area contributed by atoms with E-state index in [0.29, 0.717) is 31.6 Å². The topological polar surface area (TPSA) is 237 Å². The van der Waals surface area contributed by atoms with Crippen LogP contribution in [0.1, 0.15) is 357 Å². The molecule has 0 aliphatic carbocycles. The molecule has 0 aliphatic heterocycles. The summed E-state index contributed by atoms with van der Waals surface area (Å²) in [7, 11) is -9.90. The number of aliphatic hydroxyl groups is 1. The zero-order valence-corrected chi connectivity index (χ0v) is 61.3. The number of phosphoric acid groups is 2. The van der Waals surface area contributed by atoms with Crippen LogP contribution in [-0.4, -0.2) is 96.7 Å². The third-order valence-corrected chi connectivity index (χ3v) is 18.8. The van der Waals surface area contributed by atoms with Gasteiger partial charge in [-0.25, -0.2) is 9.13 Å². The molecular formula is C72H140O17P2. The Hall–Kier alpha value is -1.94. The molecule has 0 aromatic heterocycles. The molecule has 0 saturated heterocycles. The third kappa shape index (κ3) is 65.1. The fraction of sp³-hybridized carbons (Fsp3) is 0.944. The van der Waals surface area contributed by atoms with Gasteiger partial charge < -0.3 is 33.8 Å². The third-order valence-electron chi connectivity index (χ3n) is 16.9. The number of phosphoric ester groups is 2. The lowest BCUT2D eigenvalue weighted by Gasteiger charge is -2.21. The number of aliphatic hydroxyl groups excluding tert-OH is 1. The number of hydrogen-bond donors (Lipinski definition) is 3. The smallest absolute Gasteiger partial charge is 0.462 e. The van der Waals surface area contributed by atoms with Crippen LogP contribution < -0.4 is 0 Å². The number of esters is 4. The van der Waals surface area contributed by atoms with Crippen molar-refractivity contribution in [3.63, 3.8) is 0 Å². The minimum atomic E-state index is -4.95. The molecule has 19 heteroatoms. The van der Waals surface area contributed by atoms with E-state index in [4.69, 9.17) is 37.0 Å². The lowest BCUT2D eigenvalue weighted by molar-refractivity contribution is -0.161. The van der Waals surface area contributed by atoms with Gasteiger partial charge in [0.2, 0.25) is 0 Å². The summed E-state index contributed by atoms with van der Waals surface area (Å²) in [6.07, 6.45) is 44.6. The highest BCUT2D eigenvalue weighted by Gasteiger charge is 2.30. The van der Waals surface area contributed by atoms with Crippen LogP contribution in [0.5, 0.6) is 0 Å². The first kappa shape index (κ1) is 89.1. The van der Waals surface area contributed by atoms with E-state index in [1.54, 1.807) is 0 Å². The zero-order valence-electron chi connectivity index (χ0n) is 59.5. The van der Waals surface area contributed by atoms with Crippen LogP contribution >= 0.6 is 15.6 Å². The van der Waals surface area contributed by atoms with Gasteiger partial charge in [0.25, 0.3) is 0 Å². The van der Waals surface area contributed by atoms with Gasteiger partial charge in [0, 0.05) is 25.7 Å². The normalized spacial score (nSPS) is 14.5. The van der Waals surface area contributed by atoms with Gasteiger partial charge in [-0.1, -0.05) is 306 Å². The summed E-state index contributed by atoms with van der Waals surface area (Å²) in [5, 5.41) is 10.6. The summed E-state index contributed by atoms with van der Waals surface area (Å²) in [6, 6.07) is 0. The molecule has 0 aliphatic rings. The maximum atomic E-state index is 13.0. The lowest BCUT2D eigenvalue weighted by atomic mass is 9.99.